The van der Waals surface area contributed by atoms with Gasteiger partial charge in [-0.15, -0.1) is 0 Å². The molecule has 3 rings (SSSR count). The van der Waals surface area contributed by atoms with Crippen LogP contribution in [-0.4, -0.2) is 39.2 Å². The third kappa shape index (κ3) is 4.05. The lowest BCUT2D eigenvalue weighted by Gasteiger charge is -2.49. The monoisotopic (exact) mass is 408 g/mol. The Morgan fingerprint density at radius 1 is 1.11 bits per heavy atom. The molecule has 160 valence electrons. The molecule has 3 aliphatic rings. The number of Topliss-reactive ketones (excluding diaryl/α,β-unsaturated/α-hetero) is 1. The molecule has 0 amide bonds. The normalized spacial score (nSPS) is 36.6. The van der Waals surface area contributed by atoms with E-state index in [1.807, 2.05) is 0 Å². The molecule has 0 unspecified atom stereocenters. The summed E-state index contributed by atoms with van der Waals surface area (Å²) >= 11 is 0. The Kier molecular flexibility index (Phi) is 5.58. The largest absolute Gasteiger partial charge is 0.410 e. The zero-order chi connectivity index (χ0) is 21.0. The van der Waals surface area contributed by atoms with Crippen LogP contribution in [-0.2, 0) is 18.7 Å². The fourth-order valence-electron chi connectivity index (χ4n) is 4.65. The molecule has 4 nitrogen and oxygen atoms in total. The van der Waals surface area contributed by atoms with E-state index < -0.39 is 14.1 Å². The highest BCUT2D eigenvalue weighted by Crippen LogP contribution is 2.52. The summed E-state index contributed by atoms with van der Waals surface area (Å²) in [6.45, 7) is 19.3. The van der Waals surface area contributed by atoms with E-state index in [-0.39, 0.29) is 27.9 Å². The molecular formula is C23H40O4Si. The van der Waals surface area contributed by atoms with Crippen molar-refractivity contribution in [2.45, 2.75) is 97.2 Å². The van der Waals surface area contributed by atoms with E-state index >= 15 is 0 Å². The summed E-state index contributed by atoms with van der Waals surface area (Å²) in [6, 6.07) is 0. The van der Waals surface area contributed by atoms with Gasteiger partial charge in [0.15, 0.2) is 14.1 Å². The van der Waals surface area contributed by atoms with E-state index in [2.05, 4.69) is 66.8 Å². The second-order valence-electron chi connectivity index (χ2n) is 11.7. The standard InChI is InChI=1S/C23H40O4Si/c1-20(2,3)28(7,8)27-19-9-10-22(6)11-12-23(25-13-14-26-23)15-17(22)18(24)16-21(19,4)5/h9-10,17,19H,11-16H2,1-8H3/b10-9-/t17-,19+,22-/m1/s1. The molecule has 3 atom stereocenters. The quantitative estimate of drug-likeness (QED) is 0.448. The van der Waals surface area contributed by atoms with Crippen LogP contribution in [0.15, 0.2) is 12.2 Å². The Morgan fingerprint density at radius 3 is 2.29 bits per heavy atom. The van der Waals surface area contributed by atoms with Crippen LogP contribution in [0.3, 0.4) is 0 Å². The summed E-state index contributed by atoms with van der Waals surface area (Å²) in [5.41, 5.74) is -0.379. The maximum atomic E-state index is 13.5. The topological polar surface area (TPSA) is 44.8 Å². The Hall–Kier alpha value is -0.493. The summed E-state index contributed by atoms with van der Waals surface area (Å²) in [5.74, 6) is -0.254. The Labute approximate surface area is 172 Å². The van der Waals surface area contributed by atoms with Crippen LogP contribution in [0.2, 0.25) is 18.1 Å². The van der Waals surface area contributed by atoms with Crippen LogP contribution in [0.25, 0.3) is 0 Å². The van der Waals surface area contributed by atoms with Gasteiger partial charge in [0, 0.05) is 30.6 Å². The highest BCUT2D eigenvalue weighted by molar-refractivity contribution is 6.74. The predicted molar refractivity (Wildman–Crippen MR) is 115 cm³/mol. The molecule has 0 aromatic heterocycles. The van der Waals surface area contributed by atoms with Crippen molar-refractivity contribution in [3.05, 3.63) is 12.2 Å². The zero-order valence-electron chi connectivity index (χ0n) is 19.2. The predicted octanol–water partition coefficient (Wildman–Crippen LogP) is 5.48. The SMILES string of the molecule is CC1(C)CC(=O)[C@H]2CC3(CC[C@@]2(C)/C=C\[C@@H]1O[Si](C)(C)C(C)(C)C)OCCO3. The summed E-state index contributed by atoms with van der Waals surface area (Å²) in [7, 11) is -1.94. The van der Waals surface area contributed by atoms with Gasteiger partial charge in [0.05, 0.1) is 19.3 Å². The summed E-state index contributed by atoms with van der Waals surface area (Å²) < 4.78 is 18.7. The van der Waals surface area contributed by atoms with E-state index in [0.29, 0.717) is 31.8 Å². The van der Waals surface area contributed by atoms with Crippen molar-refractivity contribution < 1.29 is 18.7 Å². The van der Waals surface area contributed by atoms with Gasteiger partial charge in [-0.3, -0.25) is 4.79 Å². The summed E-state index contributed by atoms with van der Waals surface area (Å²) in [6.07, 6.45) is 7.50. The minimum atomic E-state index is -1.94. The molecule has 5 heteroatoms. The molecule has 1 aliphatic heterocycles. The highest BCUT2D eigenvalue weighted by atomic mass is 28.4. The molecule has 0 aromatic carbocycles. The molecule has 0 radical (unpaired) electrons. The lowest BCUT2D eigenvalue weighted by Crippen LogP contribution is -2.51. The Bertz CT molecular complexity index is 639. The number of hydrogen-bond donors (Lipinski definition) is 0. The molecule has 28 heavy (non-hydrogen) atoms. The van der Waals surface area contributed by atoms with Crippen molar-refractivity contribution in [2.24, 2.45) is 16.7 Å². The number of ether oxygens (including phenoxy) is 2. The smallest absolute Gasteiger partial charge is 0.192 e. The molecule has 1 saturated heterocycles. The van der Waals surface area contributed by atoms with Crippen molar-refractivity contribution >= 4 is 14.1 Å². The third-order valence-corrected chi connectivity index (χ3v) is 12.3. The minimum Gasteiger partial charge on any atom is -0.410 e. The lowest BCUT2D eigenvalue weighted by atomic mass is 9.60. The number of fused-ring (bicyclic) bond motifs is 1. The third-order valence-electron chi connectivity index (χ3n) is 7.84. The highest BCUT2D eigenvalue weighted by Gasteiger charge is 2.53. The van der Waals surface area contributed by atoms with E-state index in [1.54, 1.807) is 0 Å². The Balaban J connectivity index is 1.90. The van der Waals surface area contributed by atoms with Gasteiger partial charge in [0.1, 0.15) is 5.78 Å². The van der Waals surface area contributed by atoms with Crippen LogP contribution >= 0.6 is 0 Å². The van der Waals surface area contributed by atoms with Crippen molar-refractivity contribution in [3.8, 4) is 0 Å². The van der Waals surface area contributed by atoms with Crippen LogP contribution in [0.4, 0.5) is 0 Å². The van der Waals surface area contributed by atoms with Crippen LogP contribution < -0.4 is 0 Å². The molecule has 2 aliphatic carbocycles. The number of ketones is 1. The maximum absolute atomic E-state index is 13.5. The van der Waals surface area contributed by atoms with Crippen molar-refractivity contribution in [3.63, 3.8) is 0 Å². The van der Waals surface area contributed by atoms with E-state index in [4.69, 9.17) is 13.9 Å². The van der Waals surface area contributed by atoms with Gasteiger partial charge >= 0.3 is 0 Å². The van der Waals surface area contributed by atoms with E-state index in [0.717, 1.165) is 12.8 Å². The lowest BCUT2D eigenvalue weighted by molar-refractivity contribution is -0.202. The average molecular weight is 409 g/mol. The van der Waals surface area contributed by atoms with Crippen molar-refractivity contribution in [1.82, 2.24) is 0 Å². The van der Waals surface area contributed by atoms with Gasteiger partial charge in [-0.05, 0) is 30.0 Å². The van der Waals surface area contributed by atoms with Crippen LogP contribution in [0, 0.1) is 16.7 Å². The average Bonchev–Trinajstić information content (AvgIpc) is 3.00. The van der Waals surface area contributed by atoms with Gasteiger partial charge in [-0.25, -0.2) is 0 Å². The summed E-state index contributed by atoms with van der Waals surface area (Å²) in [4.78, 5) is 13.5. The molecule has 1 spiro atoms. The number of hydrogen-bond acceptors (Lipinski definition) is 4. The van der Waals surface area contributed by atoms with E-state index in [9.17, 15) is 4.79 Å². The molecule has 1 saturated carbocycles. The second kappa shape index (κ2) is 7.04. The number of rotatable bonds is 2. The van der Waals surface area contributed by atoms with Gasteiger partial charge < -0.3 is 13.9 Å². The molecule has 0 aromatic rings. The van der Waals surface area contributed by atoms with Gasteiger partial charge in [-0.1, -0.05) is 53.7 Å². The first-order valence-electron chi connectivity index (χ1n) is 10.9. The number of carbonyl (C=O) groups is 1. The number of allylic oxidation sites excluding steroid dienone is 1. The van der Waals surface area contributed by atoms with Crippen LogP contribution in [0.1, 0.15) is 67.2 Å². The molecule has 0 N–H and O–H groups in total. The zero-order valence-corrected chi connectivity index (χ0v) is 20.2. The van der Waals surface area contributed by atoms with Crippen LogP contribution in [0.5, 0.6) is 0 Å². The Morgan fingerprint density at radius 2 is 1.71 bits per heavy atom. The fraction of sp³-hybridized carbons (Fsp3) is 0.870. The first kappa shape index (κ1) is 22.2. The summed E-state index contributed by atoms with van der Waals surface area (Å²) in [5, 5.41) is 0.143. The first-order chi connectivity index (χ1) is 12.7. The molecule has 1 heterocycles. The molecular weight excluding hydrogens is 368 g/mol. The maximum Gasteiger partial charge on any atom is 0.192 e. The van der Waals surface area contributed by atoms with E-state index in [1.165, 1.54) is 0 Å². The van der Waals surface area contributed by atoms with Crippen molar-refractivity contribution in [1.29, 1.82) is 0 Å². The number of carbonyl (C=O) groups excluding carboxylic acids is 1. The second-order valence-corrected chi connectivity index (χ2v) is 16.4. The van der Waals surface area contributed by atoms with Crippen molar-refractivity contribution in [2.75, 3.05) is 13.2 Å². The first-order valence-corrected chi connectivity index (χ1v) is 13.8. The van der Waals surface area contributed by atoms with Gasteiger partial charge in [0.2, 0.25) is 0 Å². The minimum absolute atomic E-state index is 0.0371. The van der Waals surface area contributed by atoms with Gasteiger partial charge in [-0.2, -0.15) is 0 Å². The van der Waals surface area contributed by atoms with Gasteiger partial charge in [0.25, 0.3) is 0 Å². The molecule has 2 fully saturated rings. The fourth-order valence-corrected chi connectivity index (χ4v) is 6.04. The molecule has 0 bridgehead atoms.